The highest BCUT2D eigenvalue weighted by Gasteiger charge is 2.19. The van der Waals surface area contributed by atoms with Gasteiger partial charge in [0.15, 0.2) is 5.82 Å². The molecule has 0 N–H and O–H groups in total. The summed E-state index contributed by atoms with van der Waals surface area (Å²) >= 11 is 0. The highest BCUT2D eigenvalue weighted by atomic mass is 14.9. The van der Waals surface area contributed by atoms with E-state index >= 15 is 0 Å². The molecular weight excluding hydrogens is 703 g/mol. The topological polar surface area (TPSA) is 38.7 Å². The number of nitrogens with zero attached hydrogens (tertiary/aromatic N) is 3. The fraction of sp³-hybridized carbons (Fsp3) is 0. The highest BCUT2D eigenvalue weighted by Crippen LogP contribution is 2.46. The standard InChI is InChI=1S/C55H33N3/c1-3-14-37-29-40(23-21-34(37)11-1)51-44-17-7-8-18-45(44)52(41-24-22-35-12-2-4-15-38(35)30-41)49-31-39(26-27-46(49)51)42-32-56-55(57-33-42)54-48-28-25-36-13-5-6-16-43(36)53(48)47-19-9-10-20-50(47)58-54/h1-33H. The van der Waals surface area contributed by atoms with Crippen molar-refractivity contribution in [1.82, 2.24) is 15.0 Å². The lowest BCUT2D eigenvalue weighted by atomic mass is 9.84. The lowest BCUT2D eigenvalue weighted by molar-refractivity contribution is 1.16. The molecule has 0 bridgehead atoms. The molecule has 0 spiro atoms. The average Bonchev–Trinajstić information content (AvgIpc) is 3.30. The number of fused-ring (bicyclic) bond motifs is 9. The number of para-hydroxylation sites is 1. The van der Waals surface area contributed by atoms with Crippen LogP contribution in [0.4, 0.5) is 0 Å². The first-order chi connectivity index (χ1) is 28.7. The first kappa shape index (κ1) is 32.5. The van der Waals surface area contributed by atoms with Crippen LogP contribution in [-0.4, -0.2) is 15.0 Å². The predicted molar refractivity (Wildman–Crippen MR) is 244 cm³/mol. The number of pyridine rings is 1. The second-order valence-corrected chi connectivity index (χ2v) is 15.2. The molecular formula is C55H33N3. The maximum Gasteiger partial charge on any atom is 0.178 e. The minimum atomic E-state index is 0.608. The molecule has 3 nitrogen and oxygen atoms in total. The van der Waals surface area contributed by atoms with Gasteiger partial charge in [-0.2, -0.15) is 0 Å². The second kappa shape index (κ2) is 12.9. The molecule has 0 radical (unpaired) electrons. The zero-order valence-corrected chi connectivity index (χ0v) is 31.4. The van der Waals surface area contributed by atoms with Crippen molar-refractivity contribution in [3.8, 4) is 44.9 Å². The monoisotopic (exact) mass is 735 g/mol. The summed E-state index contributed by atoms with van der Waals surface area (Å²) in [5.74, 6) is 0.608. The summed E-state index contributed by atoms with van der Waals surface area (Å²) in [7, 11) is 0. The van der Waals surface area contributed by atoms with Gasteiger partial charge in [-0.15, -0.1) is 0 Å². The Hall–Kier alpha value is -7.75. The van der Waals surface area contributed by atoms with Crippen molar-refractivity contribution in [3.63, 3.8) is 0 Å². The summed E-state index contributed by atoms with van der Waals surface area (Å²) in [5, 5.41) is 15.5. The third-order valence-corrected chi connectivity index (χ3v) is 11.9. The Balaban J connectivity index is 1.07. The molecule has 0 amide bonds. The fourth-order valence-electron chi connectivity index (χ4n) is 9.16. The number of aromatic nitrogens is 3. The Morgan fingerprint density at radius 3 is 1.45 bits per heavy atom. The van der Waals surface area contributed by atoms with Gasteiger partial charge in [0.05, 0.1) is 5.52 Å². The number of hydrogen-bond donors (Lipinski definition) is 0. The van der Waals surface area contributed by atoms with E-state index in [1.807, 2.05) is 18.5 Å². The van der Waals surface area contributed by atoms with E-state index in [1.54, 1.807) is 0 Å². The Bertz CT molecular complexity index is 3610. The second-order valence-electron chi connectivity index (χ2n) is 15.2. The molecule has 3 heteroatoms. The van der Waals surface area contributed by atoms with Crippen LogP contribution in [0.1, 0.15) is 0 Å². The van der Waals surface area contributed by atoms with Crippen LogP contribution >= 0.6 is 0 Å². The van der Waals surface area contributed by atoms with Crippen molar-refractivity contribution in [2.75, 3.05) is 0 Å². The summed E-state index contributed by atoms with van der Waals surface area (Å²) in [6, 6.07) is 67.9. The van der Waals surface area contributed by atoms with Gasteiger partial charge >= 0.3 is 0 Å². The molecule has 0 saturated carbocycles. The van der Waals surface area contributed by atoms with Crippen LogP contribution in [0.25, 0.3) is 120 Å². The van der Waals surface area contributed by atoms with Crippen molar-refractivity contribution in [3.05, 3.63) is 200 Å². The largest absolute Gasteiger partial charge is 0.244 e. The summed E-state index contributed by atoms with van der Waals surface area (Å²) in [4.78, 5) is 15.2. The Kier molecular flexibility index (Phi) is 7.23. The van der Waals surface area contributed by atoms with Crippen LogP contribution in [0, 0.1) is 0 Å². The van der Waals surface area contributed by atoms with Crippen molar-refractivity contribution < 1.29 is 0 Å². The van der Waals surface area contributed by atoms with Gasteiger partial charge in [-0.05, 0) is 106 Å². The number of benzene rings is 10. The molecule has 0 unspecified atom stereocenters. The van der Waals surface area contributed by atoms with E-state index in [-0.39, 0.29) is 0 Å². The van der Waals surface area contributed by atoms with Crippen LogP contribution < -0.4 is 0 Å². The average molecular weight is 736 g/mol. The lowest BCUT2D eigenvalue weighted by Gasteiger charge is -2.19. The summed E-state index contributed by atoms with van der Waals surface area (Å²) in [5.41, 5.74) is 8.58. The fourth-order valence-corrected chi connectivity index (χ4v) is 9.16. The van der Waals surface area contributed by atoms with Gasteiger partial charge in [0.25, 0.3) is 0 Å². The molecule has 268 valence electrons. The maximum absolute atomic E-state index is 5.15. The molecule has 0 saturated heterocycles. The van der Waals surface area contributed by atoms with Gasteiger partial charge in [0, 0.05) is 34.1 Å². The molecule has 0 aliphatic rings. The zero-order valence-electron chi connectivity index (χ0n) is 31.4. The Labute approximate surface area is 334 Å². The zero-order chi connectivity index (χ0) is 38.2. The van der Waals surface area contributed by atoms with Crippen molar-refractivity contribution in [2.45, 2.75) is 0 Å². The minimum absolute atomic E-state index is 0.608. The van der Waals surface area contributed by atoms with Crippen LogP contribution in [0.5, 0.6) is 0 Å². The van der Waals surface area contributed by atoms with E-state index in [9.17, 15) is 0 Å². The van der Waals surface area contributed by atoms with E-state index in [4.69, 9.17) is 15.0 Å². The summed E-state index contributed by atoms with van der Waals surface area (Å²) in [6.07, 6.45) is 3.91. The molecule has 0 aliphatic carbocycles. The Morgan fingerprint density at radius 2 is 0.776 bits per heavy atom. The van der Waals surface area contributed by atoms with Crippen LogP contribution in [0.15, 0.2) is 200 Å². The predicted octanol–water partition coefficient (Wildman–Crippen LogP) is 14.6. The molecule has 0 atom stereocenters. The van der Waals surface area contributed by atoms with E-state index in [0.29, 0.717) is 5.82 Å². The van der Waals surface area contributed by atoms with Crippen molar-refractivity contribution in [1.29, 1.82) is 0 Å². The van der Waals surface area contributed by atoms with E-state index < -0.39 is 0 Å². The minimum Gasteiger partial charge on any atom is -0.244 e. The molecule has 12 aromatic rings. The molecule has 58 heavy (non-hydrogen) atoms. The highest BCUT2D eigenvalue weighted by molar-refractivity contribution is 6.23. The van der Waals surface area contributed by atoms with E-state index in [1.165, 1.54) is 81.5 Å². The molecule has 0 aliphatic heterocycles. The van der Waals surface area contributed by atoms with Crippen molar-refractivity contribution in [2.24, 2.45) is 0 Å². The van der Waals surface area contributed by atoms with Gasteiger partial charge in [-0.3, -0.25) is 0 Å². The van der Waals surface area contributed by atoms with Crippen LogP contribution in [0.3, 0.4) is 0 Å². The third kappa shape index (κ3) is 5.11. The number of rotatable bonds is 4. The smallest absolute Gasteiger partial charge is 0.178 e. The molecule has 10 aromatic carbocycles. The molecule has 12 rings (SSSR count). The van der Waals surface area contributed by atoms with E-state index in [2.05, 4.69) is 182 Å². The van der Waals surface area contributed by atoms with Gasteiger partial charge < -0.3 is 0 Å². The first-order valence-electron chi connectivity index (χ1n) is 19.7. The Morgan fingerprint density at radius 1 is 0.293 bits per heavy atom. The van der Waals surface area contributed by atoms with Gasteiger partial charge in [-0.25, -0.2) is 15.0 Å². The number of hydrogen-bond acceptors (Lipinski definition) is 3. The summed E-state index contributed by atoms with van der Waals surface area (Å²) in [6.45, 7) is 0. The lowest BCUT2D eigenvalue weighted by Crippen LogP contribution is -1.96. The first-order valence-corrected chi connectivity index (χ1v) is 19.7. The van der Waals surface area contributed by atoms with E-state index in [0.717, 1.165) is 33.1 Å². The van der Waals surface area contributed by atoms with Gasteiger partial charge in [0.1, 0.15) is 5.69 Å². The quantitative estimate of drug-likeness (QED) is 0.133. The normalized spacial score (nSPS) is 11.8. The third-order valence-electron chi connectivity index (χ3n) is 11.9. The molecule has 0 fully saturated rings. The van der Waals surface area contributed by atoms with Gasteiger partial charge in [0.2, 0.25) is 0 Å². The van der Waals surface area contributed by atoms with Gasteiger partial charge in [-0.1, -0.05) is 164 Å². The van der Waals surface area contributed by atoms with Crippen molar-refractivity contribution >= 4 is 75.5 Å². The maximum atomic E-state index is 5.15. The van der Waals surface area contributed by atoms with Crippen LogP contribution in [-0.2, 0) is 0 Å². The summed E-state index contributed by atoms with van der Waals surface area (Å²) < 4.78 is 0. The van der Waals surface area contributed by atoms with Crippen LogP contribution in [0.2, 0.25) is 0 Å². The molecule has 2 aromatic heterocycles. The molecule has 2 heterocycles. The SMILES string of the molecule is c1ccc2cc(-c3c4ccccc4c(-c4ccc5ccccc5c4)c4cc(-c5cnc(-c6nc7ccccc7c7c6ccc6ccccc67)nc5)ccc34)ccc2c1.